The van der Waals surface area contributed by atoms with E-state index in [2.05, 4.69) is 6.92 Å². The molecule has 0 saturated heterocycles. The van der Waals surface area contributed by atoms with E-state index in [-0.39, 0.29) is 78.0 Å². The maximum absolute atomic E-state index is 12.5. The molecule has 0 aromatic rings. The second kappa shape index (κ2) is 9.63. The minimum atomic E-state index is -1.81. The number of carbonyl (C=O) groups is 3. The predicted molar refractivity (Wildman–Crippen MR) is 113 cm³/mol. The number of allylic oxidation sites excluding steroid dienone is 1. The minimum absolute atomic E-state index is 0. The molecule has 0 bridgehead atoms. The average molecular weight is 471 g/mol. The molecule has 0 spiro atoms. The van der Waals surface area contributed by atoms with Gasteiger partial charge in [0.2, 0.25) is 0 Å². The predicted octanol–water partition coefficient (Wildman–Crippen LogP) is -0.0649. The molecule has 0 aromatic heterocycles. The molecule has 7 atom stereocenters. The maximum Gasteiger partial charge on any atom is 1.00 e. The van der Waals surface area contributed by atoms with E-state index < -0.39 is 29.2 Å². The maximum atomic E-state index is 12.5. The van der Waals surface area contributed by atoms with Crippen LogP contribution in [0.25, 0.3) is 0 Å². The van der Waals surface area contributed by atoms with Gasteiger partial charge in [0.1, 0.15) is 0 Å². The number of fused-ring (bicyclic) bond motifs is 5. The van der Waals surface area contributed by atoms with Gasteiger partial charge in [-0.2, -0.15) is 0 Å². The molecule has 4 rings (SSSR count). The zero-order chi connectivity index (χ0) is 23.3. The minimum Gasteiger partial charge on any atom is -0.546 e. The number of rotatable bonds is 5. The van der Waals surface area contributed by atoms with Gasteiger partial charge in [-0.15, -0.1) is 0 Å². The standard InChI is InChI=1S/C25H36O7.Na/c1-4-5-12-31-22(30)32-25(21(28)29)11-9-18-17-7-6-15-13-16(26)8-10-23(15,2)20(17)19(27)14-24(18,25)3;/h13,17-20,27H,4-12,14H2,1-3H3,(H,28,29);/q;+1/p-1/t17-,18-,19?,20-,23-,24-,25?;/m0./s1. The third-order valence-electron chi connectivity index (χ3n) is 9.32. The number of aliphatic hydroxyl groups is 1. The Morgan fingerprint density at radius 1 is 1.21 bits per heavy atom. The van der Waals surface area contributed by atoms with E-state index in [4.69, 9.17) is 9.47 Å². The zero-order valence-electron chi connectivity index (χ0n) is 20.4. The van der Waals surface area contributed by atoms with Crippen LogP contribution in [0.2, 0.25) is 0 Å². The molecule has 3 fully saturated rings. The number of carboxylic acids is 1. The summed E-state index contributed by atoms with van der Waals surface area (Å²) < 4.78 is 10.7. The van der Waals surface area contributed by atoms with Crippen LogP contribution in [0.5, 0.6) is 0 Å². The van der Waals surface area contributed by atoms with Gasteiger partial charge >= 0.3 is 35.7 Å². The van der Waals surface area contributed by atoms with Crippen molar-refractivity contribution in [2.24, 2.45) is 28.6 Å². The Hall–Kier alpha value is -0.890. The van der Waals surface area contributed by atoms with Crippen LogP contribution < -0.4 is 34.7 Å². The molecular formula is C25H35NaO7. The normalized spacial score (nSPS) is 41.6. The van der Waals surface area contributed by atoms with Gasteiger partial charge in [-0.05, 0) is 74.2 Å². The summed E-state index contributed by atoms with van der Waals surface area (Å²) in [5.41, 5.74) is -1.90. The van der Waals surface area contributed by atoms with Crippen molar-refractivity contribution in [2.45, 2.75) is 90.3 Å². The summed E-state index contributed by atoms with van der Waals surface area (Å²) in [7, 11) is 0. The van der Waals surface area contributed by atoms with Crippen LogP contribution in [0.4, 0.5) is 4.79 Å². The summed E-state index contributed by atoms with van der Waals surface area (Å²) in [4.78, 5) is 36.9. The molecule has 3 saturated carbocycles. The topological polar surface area (TPSA) is 113 Å². The number of carboxylic acid groups (broad SMARTS) is 1. The van der Waals surface area contributed by atoms with E-state index in [1.807, 2.05) is 13.8 Å². The van der Waals surface area contributed by atoms with Gasteiger partial charge in [-0.25, -0.2) is 4.79 Å². The first kappa shape index (κ1) is 26.7. The molecular weight excluding hydrogens is 435 g/mol. The van der Waals surface area contributed by atoms with Crippen molar-refractivity contribution >= 4 is 17.9 Å². The molecule has 0 aliphatic heterocycles. The molecule has 0 aromatic carbocycles. The van der Waals surface area contributed by atoms with Crippen molar-refractivity contribution in [1.29, 1.82) is 0 Å². The summed E-state index contributed by atoms with van der Waals surface area (Å²) >= 11 is 0. The van der Waals surface area contributed by atoms with Crippen LogP contribution in [0.3, 0.4) is 0 Å². The van der Waals surface area contributed by atoms with E-state index >= 15 is 0 Å². The quantitative estimate of drug-likeness (QED) is 0.340. The van der Waals surface area contributed by atoms with Crippen LogP contribution in [0.1, 0.15) is 78.6 Å². The molecule has 7 nitrogen and oxygen atoms in total. The molecule has 4 aliphatic carbocycles. The number of ether oxygens (including phenoxy) is 2. The molecule has 8 heteroatoms. The van der Waals surface area contributed by atoms with Crippen LogP contribution in [0, 0.1) is 28.6 Å². The molecule has 0 heterocycles. The van der Waals surface area contributed by atoms with Gasteiger partial charge in [0.25, 0.3) is 0 Å². The van der Waals surface area contributed by atoms with Gasteiger partial charge < -0.3 is 24.5 Å². The van der Waals surface area contributed by atoms with Gasteiger partial charge in [-0.3, -0.25) is 4.79 Å². The van der Waals surface area contributed by atoms with Crippen LogP contribution in [-0.2, 0) is 19.1 Å². The van der Waals surface area contributed by atoms with Crippen LogP contribution in [-0.4, -0.2) is 41.3 Å². The summed E-state index contributed by atoms with van der Waals surface area (Å²) in [5.74, 6) is -1.22. The number of ketones is 1. The number of hydrogen-bond donors (Lipinski definition) is 1. The largest absolute Gasteiger partial charge is 1.00 e. The van der Waals surface area contributed by atoms with Crippen molar-refractivity contribution in [3.63, 3.8) is 0 Å². The van der Waals surface area contributed by atoms with Crippen molar-refractivity contribution in [3.05, 3.63) is 11.6 Å². The first-order valence-corrected chi connectivity index (χ1v) is 12.1. The van der Waals surface area contributed by atoms with Crippen molar-refractivity contribution in [1.82, 2.24) is 0 Å². The first-order valence-electron chi connectivity index (χ1n) is 12.1. The molecule has 1 N–H and O–H groups in total. The Balaban J connectivity index is 0.00000306. The summed E-state index contributed by atoms with van der Waals surface area (Å²) in [6.45, 7) is 6.12. The molecule has 0 amide bonds. The molecule has 178 valence electrons. The van der Waals surface area contributed by atoms with Gasteiger partial charge in [0.15, 0.2) is 11.4 Å². The fourth-order valence-corrected chi connectivity index (χ4v) is 7.69. The fraction of sp³-hybridized carbons (Fsp3) is 0.800. The summed E-state index contributed by atoms with van der Waals surface area (Å²) in [5, 5.41) is 23.9. The Labute approximate surface area is 217 Å². The first-order chi connectivity index (χ1) is 15.1. The van der Waals surface area contributed by atoms with E-state index in [0.29, 0.717) is 25.7 Å². The summed E-state index contributed by atoms with van der Waals surface area (Å²) in [6, 6.07) is 0. The average Bonchev–Trinajstić information content (AvgIpc) is 3.01. The van der Waals surface area contributed by atoms with Crippen molar-refractivity contribution in [2.75, 3.05) is 6.61 Å². The third kappa shape index (κ3) is 4.11. The Morgan fingerprint density at radius 2 is 1.94 bits per heavy atom. The van der Waals surface area contributed by atoms with E-state index in [0.717, 1.165) is 24.8 Å². The number of aliphatic carboxylic acids is 1. The fourth-order valence-electron chi connectivity index (χ4n) is 7.69. The monoisotopic (exact) mass is 470 g/mol. The summed E-state index contributed by atoms with van der Waals surface area (Å²) in [6.07, 6.45) is 5.29. The number of unbranched alkanes of at least 4 members (excludes halogenated alkanes) is 1. The second-order valence-electron chi connectivity index (χ2n) is 10.8. The van der Waals surface area contributed by atoms with E-state index in [9.17, 15) is 24.6 Å². The molecule has 4 aliphatic rings. The van der Waals surface area contributed by atoms with Gasteiger partial charge in [0, 0.05) is 11.8 Å². The second-order valence-corrected chi connectivity index (χ2v) is 10.8. The van der Waals surface area contributed by atoms with Crippen LogP contribution >= 0.6 is 0 Å². The molecule has 0 radical (unpaired) electrons. The molecule has 33 heavy (non-hydrogen) atoms. The van der Waals surface area contributed by atoms with Crippen LogP contribution in [0.15, 0.2) is 11.6 Å². The van der Waals surface area contributed by atoms with E-state index in [1.165, 1.54) is 0 Å². The van der Waals surface area contributed by atoms with Crippen molar-refractivity contribution < 1.29 is 63.6 Å². The van der Waals surface area contributed by atoms with E-state index in [1.54, 1.807) is 6.08 Å². The van der Waals surface area contributed by atoms with Gasteiger partial charge in [-0.1, -0.05) is 32.8 Å². The number of aliphatic hydroxyl groups excluding tert-OH is 1. The Bertz CT molecular complexity index is 841. The SMILES string of the molecule is CCCCOC(=O)OC1(C(=O)[O-])CC[C@H]2[C@@H]3CCC4=CC(=O)CC[C@]4(C)[C@@H]3C(O)C[C@@]21C.[Na+]. The van der Waals surface area contributed by atoms with Gasteiger partial charge in [0.05, 0.1) is 18.7 Å². The van der Waals surface area contributed by atoms with Crippen molar-refractivity contribution in [3.8, 4) is 0 Å². The third-order valence-corrected chi connectivity index (χ3v) is 9.32. The zero-order valence-corrected chi connectivity index (χ0v) is 22.4. The Morgan fingerprint density at radius 3 is 2.61 bits per heavy atom. The number of hydrogen-bond acceptors (Lipinski definition) is 7. The Kier molecular flexibility index (Phi) is 7.80. The smallest absolute Gasteiger partial charge is 0.546 e. The molecule has 2 unspecified atom stereocenters. The number of carbonyl (C=O) groups excluding carboxylic acids is 3.